The number of carboxylic acids is 1. The Bertz CT molecular complexity index is 585. The summed E-state index contributed by atoms with van der Waals surface area (Å²) in [5.41, 5.74) is 1.21. The van der Waals surface area contributed by atoms with E-state index in [-0.39, 0.29) is 5.92 Å². The number of aliphatic carboxylic acids is 1. The van der Waals surface area contributed by atoms with E-state index in [1.165, 1.54) is 6.08 Å². The number of benzene rings is 1. The molecule has 1 rings (SSSR count). The van der Waals surface area contributed by atoms with E-state index in [1.54, 1.807) is 30.3 Å². The van der Waals surface area contributed by atoms with Crippen molar-refractivity contribution in [3.8, 4) is 6.07 Å². The molecule has 0 heterocycles. The summed E-state index contributed by atoms with van der Waals surface area (Å²) in [6.07, 6.45) is 3.19. The number of amides is 1. The highest BCUT2D eigenvalue weighted by Gasteiger charge is 2.19. The Morgan fingerprint density at radius 1 is 1.43 bits per heavy atom. The Hall–Kier alpha value is -2.61. The second kappa shape index (κ2) is 7.85. The summed E-state index contributed by atoms with van der Waals surface area (Å²) >= 11 is 0. The van der Waals surface area contributed by atoms with Crippen molar-refractivity contribution in [3.63, 3.8) is 0 Å². The summed E-state index contributed by atoms with van der Waals surface area (Å²) < 4.78 is 0. The molecule has 0 radical (unpaired) electrons. The van der Waals surface area contributed by atoms with Gasteiger partial charge >= 0.3 is 5.97 Å². The minimum Gasteiger partial charge on any atom is -0.480 e. The highest BCUT2D eigenvalue weighted by Crippen LogP contribution is 2.07. The molecule has 5 heteroatoms. The van der Waals surface area contributed by atoms with Crippen LogP contribution in [-0.4, -0.2) is 23.0 Å². The average Bonchev–Trinajstić information content (AvgIpc) is 2.44. The fourth-order valence-corrected chi connectivity index (χ4v) is 1.80. The first kappa shape index (κ1) is 16.4. The van der Waals surface area contributed by atoms with Gasteiger partial charge in [-0.1, -0.05) is 26.0 Å². The molecule has 0 fully saturated rings. The molecule has 0 aromatic heterocycles. The number of nitrogens with one attached hydrogen (secondary N) is 1. The molecule has 0 saturated heterocycles. The van der Waals surface area contributed by atoms with Gasteiger partial charge in [0.1, 0.15) is 6.04 Å². The van der Waals surface area contributed by atoms with Crippen molar-refractivity contribution in [2.45, 2.75) is 26.3 Å². The Morgan fingerprint density at radius 3 is 2.71 bits per heavy atom. The smallest absolute Gasteiger partial charge is 0.326 e. The molecule has 5 nitrogen and oxygen atoms in total. The molecule has 0 saturated carbocycles. The monoisotopic (exact) mass is 286 g/mol. The largest absolute Gasteiger partial charge is 0.480 e. The average molecular weight is 286 g/mol. The highest BCUT2D eigenvalue weighted by atomic mass is 16.4. The second-order valence-electron chi connectivity index (χ2n) is 5.10. The highest BCUT2D eigenvalue weighted by molar-refractivity contribution is 5.94. The molecule has 1 aromatic carbocycles. The van der Waals surface area contributed by atoms with Crippen LogP contribution in [0.1, 0.15) is 31.4 Å². The minimum absolute atomic E-state index is 0.169. The fourth-order valence-electron chi connectivity index (χ4n) is 1.80. The van der Waals surface area contributed by atoms with Crippen molar-refractivity contribution in [2.75, 3.05) is 0 Å². The molecule has 0 aliphatic heterocycles. The Labute approximate surface area is 123 Å². The van der Waals surface area contributed by atoms with Crippen LogP contribution in [-0.2, 0) is 9.59 Å². The number of nitriles is 1. The van der Waals surface area contributed by atoms with Gasteiger partial charge in [0.2, 0.25) is 5.91 Å². The summed E-state index contributed by atoms with van der Waals surface area (Å²) in [5, 5.41) is 20.3. The quantitative estimate of drug-likeness (QED) is 0.784. The van der Waals surface area contributed by atoms with Crippen molar-refractivity contribution in [2.24, 2.45) is 5.92 Å². The summed E-state index contributed by atoms with van der Waals surface area (Å²) in [4.78, 5) is 22.8. The topological polar surface area (TPSA) is 90.2 Å². The molecule has 0 bridgehead atoms. The van der Waals surface area contributed by atoms with Crippen molar-refractivity contribution in [3.05, 3.63) is 41.5 Å². The van der Waals surface area contributed by atoms with E-state index in [9.17, 15) is 9.59 Å². The van der Waals surface area contributed by atoms with Crippen molar-refractivity contribution in [1.82, 2.24) is 5.32 Å². The lowest BCUT2D eigenvalue weighted by atomic mass is 10.0. The van der Waals surface area contributed by atoms with Gasteiger partial charge in [0, 0.05) is 6.08 Å². The van der Waals surface area contributed by atoms with Crippen molar-refractivity contribution in [1.29, 1.82) is 5.26 Å². The first-order valence-corrected chi connectivity index (χ1v) is 6.64. The SMILES string of the molecule is CC(C)CC(NC(=O)/C=C/c1cccc(C#N)c1)C(=O)O. The molecule has 21 heavy (non-hydrogen) atoms. The molecule has 1 aromatic rings. The van der Waals surface area contributed by atoms with E-state index in [2.05, 4.69) is 5.32 Å². The van der Waals surface area contributed by atoms with Gasteiger partial charge in [-0.3, -0.25) is 4.79 Å². The van der Waals surface area contributed by atoms with Gasteiger partial charge in [-0.2, -0.15) is 5.26 Å². The van der Waals surface area contributed by atoms with Gasteiger partial charge < -0.3 is 10.4 Å². The third-order valence-electron chi connectivity index (χ3n) is 2.76. The number of rotatable bonds is 6. The third kappa shape index (κ3) is 5.91. The summed E-state index contributed by atoms with van der Waals surface area (Å²) in [7, 11) is 0. The predicted molar refractivity (Wildman–Crippen MR) is 79.2 cm³/mol. The van der Waals surface area contributed by atoms with E-state index in [0.717, 1.165) is 0 Å². The molecule has 1 atom stereocenters. The van der Waals surface area contributed by atoms with Crippen LogP contribution < -0.4 is 5.32 Å². The van der Waals surface area contributed by atoms with Gasteiger partial charge in [-0.15, -0.1) is 0 Å². The maximum Gasteiger partial charge on any atom is 0.326 e. The van der Waals surface area contributed by atoms with Crippen LogP contribution in [0.5, 0.6) is 0 Å². The van der Waals surface area contributed by atoms with E-state index in [1.807, 2.05) is 19.9 Å². The molecule has 0 aliphatic rings. The van der Waals surface area contributed by atoms with Gasteiger partial charge in [-0.25, -0.2) is 4.79 Å². The lowest BCUT2D eigenvalue weighted by molar-refractivity contribution is -0.141. The molecule has 1 unspecified atom stereocenters. The molecule has 1 amide bonds. The number of hydrogen-bond donors (Lipinski definition) is 2. The van der Waals surface area contributed by atoms with Crippen molar-refractivity contribution >= 4 is 18.0 Å². The van der Waals surface area contributed by atoms with E-state index in [0.29, 0.717) is 17.5 Å². The van der Waals surface area contributed by atoms with E-state index in [4.69, 9.17) is 10.4 Å². The standard InChI is InChI=1S/C16H18N2O3/c1-11(2)8-14(16(20)21)18-15(19)7-6-12-4-3-5-13(9-12)10-17/h3-7,9,11,14H,8H2,1-2H3,(H,18,19)(H,20,21)/b7-6+. The van der Waals surface area contributed by atoms with Crippen molar-refractivity contribution < 1.29 is 14.7 Å². The first-order valence-electron chi connectivity index (χ1n) is 6.64. The van der Waals surface area contributed by atoms with E-state index < -0.39 is 17.9 Å². The van der Waals surface area contributed by atoms with Crippen LogP contribution in [0, 0.1) is 17.2 Å². The van der Waals surface area contributed by atoms with Crippen LogP contribution in [0.3, 0.4) is 0 Å². The molecular weight excluding hydrogens is 268 g/mol. The lowest BCUT2D eigenvalue weighted by Gasteiger charge is -2.15. The number of nitrogens with zero attached hydrogens (tertiary/aromatic N) is 1. The zero-order valence-corrected chi connectivity index (χ0v) is 12.0. The van der Waals surface area contributed by atoms with Crippen LogP contribution in [0.4, 0.5) is 0 Å². The zero-order valence-electron chi connectivity index (χ0n) is 12.0. The van der Waals surface area contributed by atoms with Gasteiger partial charge in [0.25, 0.3) is 0 Å². The van der Waals surface area contributed by atoms with E-state index >= 15 is 0 Å². The van der Waals surface area contributed by atoms with Gasteiger partial charge in [0.15, 0.2) is 0 Å². The maximum absolute atomic E-state index is 11.7. The van der Waals surface area contributed by atoms with Gasteiger partial charge in [-0.05, 0) is 36.1 Å². The molecule has 2 N–H and O–H groups in total. The normalized spacial score (nSPS) is 12.1. The third-order valence-corrected chi connectivity index (χ3v) is 2.76. The first-order chi connectivity index (χ1) is 9.92. The number of carbonyl (C=O) groups excluding carboxylic acids is 1. The Morgan fingerprint density at radius 2 is 2.14 bits per heavy atom. The van der Waals surface area contributed by atoms with Crippen LogP contribution in [0.25, 0.3) is 6.08 Å². The molecule has 110 valence electrons. The summed E-state index contributed by atoms with van der Waals surface area (Å²) in [6, 6.07) is 7.90. The number of carboxylic acid groups (broad SMARTS) is 1. The summed E-state index contributed by atoms with van der Waals surface area (Å²) in [6.45, 7) is 3.79. The second-order valence-corrected chi connectivity index (χ2v) is 5.10. The van der Waals surface area contributed by atoms with Crippen LogP contribution in [0.2, 0.25) is 0 Å². The minimum atomic E-state index is -1.04. The fraction of sp³-hybridized carbons (Fsp3) is 0.312. The van der Waals surface area contributed by atoms with Crippen LogP contribution in [0.15, 0.2) is 30.3 Å². The van der Waals surface area contributed by atoms with Crippen LogP contribution >= 0.6 is 0 Å². The molecule has 0 aliphatic carbocycles. The maximum atomic E-state index is 11.7. The molecular formula is C16H18N2O3. The number of carbonyl (C=O) groups is 2. The molecule has 0 spiro atoms. The number of hydrogen-bond acceptors (Lipinski definition) is 3. The lowest BCUT2D eigenvalue weighted by Crippen LogP contribution is -2.40. The van der Waals surface area contributed by atoms with Gasteiger partial charge in [0.05, 0.1) is 11.6 Å². The predicted octanol–water partition coefficient (Wildman–Crippen LogP) is 2.19. The Balaban J connectivity index is 2.69. The summed E-state index contributed by atoms with van der Waals surface area (Å²) in [5.74, 6) is -1.34. The Kier molecular flexibility index (Phi) is 6.15. The zero-order chi connectivity index (χ0) is 15.8.